The third-order valence-corrected chi connectivity index (χ3v) is 5.49. The summed E-state index contributed by atoms with van der Waals surface area (Å²) in [6.07, 6.45) is 2.04. The van der Waals surface area contributed by atoms with Crippen LogP contribution in [-0.4, -0.2) is 36.3 Å². The first-order chi connectivity index (χ1) is 11.4. The number of fused-ring (bicyclic) bond motifs is 1. The molecule has 7 nitrogen and oxygen atoms in total. The average Bonchev–Trinajstić information content (AvgIpc) is 2.97. The maximum atomic E-state index is 13.5. The summed E-state index contributed by atoms with van der Waals surface area (Å²) in [6, 6.07) is 3.19. The standard InChI is InChI=1S/C15H19FN4O3S/c1-3-14-17-15-7-4-10(9-20(15)18-14)19-24(21,22)11-5-6-12(16)13(8-11)23-2/h5-6,8,10,19H,3-4,7,9H2,1-2H3/t10-/m1/s1. The van der Waals surface area contributed by atoms with Crippen molar-refractivity contribution in [3.63, 3.8) is 0 Å². The molecule has 0 fully saturated rings. The lowest BCUT2D eigenvalue weighted by atomic mass is 10.1. The van der Waals surface area contributed by atoms with Gasteiger partial charge in [0.05, 0.1) is 18.6 Å². The molecular weight excluding hydrogens is 335 g/mol. The van der Waals surface area contributed by atoms with Gasteiger partial charge in [0.2, 0.25) is 10.0 Å². The molecule has 0 bridgehead atoms. The minimum atomic E-state index is -3.77. The van der Waals surface area contributed by atoms with Gasteiger partial charge < -0.3 is 4.74 Å². The molecular formula is C15H19FN4O3S. The van der Waals surface area contributed by atoms with Gasteiger partial charge in [-0.3, -0.25) is 0 Å². The van der Waals surface area contributed by atoms with Crippen LogP contribution >= 0.6 is 0 Å². The summed E-state index contributed by atoms with van der Waals surface area (Å²) in [5.74, 6) is 0.934. The maximum Gasteiger partial charge on any atom is 0.241 e. The van der Waals surface area contributed by atoms with Gasteiger partial charge in [-0.2, -0.15) is 5.10 Å². The lowest BCUT2D eigenvalue weighted by molar-refractivity contribution is 0.384. The zero-order chi connectivity index (χ0) is 17.3. The van der Waals surface area contributed by atoms with Crippen molar-refractivity contribution in [2.45, 2.75) is 43.7 Å². The van der Waals surface area contributed by atoms with Gasteiger partial charge in [0.15, 0.2) is 17.4 Å². The Hall–Kier alpha value is -2.00. The largest absolute Gasteiger partial charge is 0.494 e. The fourth-order valence-corrected chi connectivity index (χ4v) is 3.98. The number of benzene rings is 1. The molecule has 24 heavy (non-hydrogen) atoms. The third-order valence-electron chi connectivity index (χ3n) is 3.97. The van der Waals surface area contributed by atoms with Crippen LogP contribution in [0.1, 0.15) is 25.0 Å². The molecule has 1 N–H and O–H groups in total. The van der Waals surface area contributed by atoms with E-state index < -0.39 is 15.8 Å². The number of aromatic nitrogens is 3. The second-order valence-corrected chi connectivity index (χ2v) is 7.35. The molecule has 9 heteroatoms. The summed E-state index contributed by atoms with van der Waals surface area (Å²) in [5, 5.41) is 4.36. The molecule has 1 aliphatic rings. The molecule has 1 aromatic heterocycles. The molecule has 2 aromatic rings. The molecule has 0 amide bonds. The van der Waals surface area contributed by atoms with Crippen LogP contribution in [0.15, 0.2) is 23.1 Å². The number of rotatable bonds is 5. The van der Waals surface area contributed by atoms with Crippen LogP contribution in [0.2, 0.25) is 0 Å². The van der Waals surface area contributed by atoms with Crippen molar-refractivity contribution < 1.29 is 17.5 Å². The summed E-state index contributed by atoms with van der Waals surface area (Å²) >= 11 is 0. The fraction of sp³-hybridized carbons (Fsp3) is 0.467. The molecule has 0 unspecified atom stereocenters. The summed E-state index contributed by atoms with van der Waals surface area (Å²) in [4.78, 5) is 4.38. The number of methoxy groups -OCH3 is 1. The predicted molar refractivity (Wildman–Crippen MR) is 84.8 cm³/mol. The van der Waals surface area contributed by atoms with Crippen LogP contribution in [0, 0.1) is 5.82 Å². The van der Waals surface area contributed by atoms with Gasteiger partial charge in [-0.05, 0) is 18.6 Å². The van der Waals surface area contributed by atoms with Gasteiger partial charge in [-0.1, -0.05) is 6.92 Å². The number of hydrogen-bond donors (Lipinski definition) is 1. The van der Waals surface area contributed by atoms with Gasteiger partial charge in [0, 0.05) is 24.9 Å². The molecule has 2 heterocycles. The predicted octanol–water partition coefficient (Wildman–Crippen LogP) is 1.28. The Balaban J connectivity index is 1.78. The summed E-state index contributed by atoms with van der Waals surface area (Å²) < 4.78 is 47.7. The molecule has 1 aromatic carbocycles. The number of nitrogens with one attached hydrogen (secondary N) is 1. The SMILES string of the molecule is CCc1nc2n(n1)C[C@H](NS(=O)(=O)c1ccc(F)c(OC)c1)CC2. The Morgan fingerprint density at radius 3 is 2.96 bits per heavy atom. The van der Waals surface area contributed by atoms with Crippen LogP contribution in [0.4, 0.5) is 4.39 Å². The highest BCUT2D eigenvalue weighted by Gasteiger charge is 2.26. The number of nitrogens with zero attached hydrogens (tertiary/aromatic N) is 3. The molecule has 1 atom stereocenters. The van der Waals surface area contributed by atoms with E-state index in [0.29, 0.717) is 19.4 Å². The van der Waals surface area contributed by atoms with Gasteiger partial charge in [-0.15, -0.1) is 0 Å². The molecule has 130 valence electrons. The Labute approximate surface area is 139 Å². The molecule has 3 rings (SSSR count). The average molecular weight is 354 g/mol. The van der Waals surface area contributed by atoms with E-state index in [9.17, 15) is 12.8 Å². The minimum absolute atomic E-state index is 0.0283. The van der Waals surface area contributed by atoms with Crippen molar-refractivity contribution in [3.8, 4) is 5.75 Å². The van der Waals surface area contributed by atoms with Gasteiger partial charge >= 0.3 is 0 Å². The highest BCUT2D eigenvalue weighted by atomic mass is 32.2. The topological polar surface area (TPSA) is 86.1 Å². The van der Waals surface area contributed by atoms with Crippen molar-refractivity contribution in [1.82, 2.24) is 19.5 Å². The monoisotopic (exact) mass is 354 g/mol. The molecule has 0 radical (unpaired) electrons. The highest BCUT2D eigenvalue weighted by molar-refractivity contribution is 7.89. The van der Waals surface area contributed by atoms with Crippen molar-refractivity contribution in [3.05, 3.63) is 35.7 Å². The van der Waals surface area contributed by atoms with E-state index in [4.69, 9.17) is 4.74 Å². The van der Waals surface area contributed by atoms with E-state index in [1.54, 1.807) is 4.68 Å². The van der Waals surface area contributed by atoms with Crippen molar-refractivity contribution in [2.75, 3.05) is 7.11 Å². The number of sulfonamides is 1. The van der Waals surface area contributed by atoms with Crippen molar-refractivity contribution >= 4 is 10.0 Å². The normalized spacial score (nSPS) is 17.5. The highest BCUT2D eigenvalue weighted by Crippen LogP contribution is 2.22. The maximum absolute atomic E-state index is 13.5. The number of ether oxygens (including phenoxy) is 1. The van der Waals surface area contributed by atoms with Gasteiger partial charge in [-0.25, -0.2) is 27.2 Å². The van der Waals surface area contributed by atoms with Crippen molar-refractivity contribution in [2.24, 2.45) is 0 Å². The summed E-state index contributed by atoms with van der Waals surface area (Å²) in [5.41, 5.74) is 0. The van der Waals surface area contributed by atoms with Crippen LogP contribution in [0.5, 0.6) is 5.75 Å². The smallest absolute Gasteiger partial charge is 0.241 e. The second kappa shape index (κ2) is 6.48. The van der Waals surface area contributed by atoms with Crippen molar-refractivity contribution in [1.29, 1.82) is 0 Å². The summed E-state index contributed by atoms with van der Waals surface area (Å²) in [7, 11) is -2.48. The molecule has 0 aliphatic carbocycles. The zero-order valence-corrected chi connectivity index (χ0v) is 14.3. The first-order valence-electron chi connectivity index (χ1n) is 7.71. The first-order valence-corrected chi connectivity index (χ1v) is 9.19. The lowest BCUT2D eigenvalue weighted by Gasteiger charge is -2.23. The molecule has 1 aliphatic heterocycles. The van der Waals surface area contributed by atoms with E-state index in [-0.39, 0.29) is 16.7 Å². The number of hydrogen-bond acceptors (Lipinski definition) is 5. The second-order valence-electron chi connectivity index (χ2n) is 5.63. The van der Waals surface area contributed by atoms with Gasteiger partial charge in [0.1, 0.15) is 5.82 Å². The zero-order valence-electron chi connectivity index (χ0n) is 13.5. The Morgan fingerprint density at radius 2 is 2.25 bits per heavy atom. The molecule has 0 saturated heterocycles. The van der Waals surface area contributed by atoms with Crippen LogP contribution in [0.25, 0.3) is 0 Å². The third kappa shape index (κ3) is 3.27. The fourth-order valence-electron chi connectivity index (χ4n) is 2.70. The van der Waals surface area contributed by atoms with Crippen LogP contribution < -0.4 is 9.46 Å². The Morgan fingerprint density at radius 1 is 1.46 bits per heavy atom. The van der Waals surface area contributed by atoms with Crippen LogP contribution in [0.3, 0.4) is 0 Å². The first kappa shape index (κ1) is 16.8. The Bertz CT molecular complexity index is 850. The summed E-state index contributed by atoms with van der Waals surface area (Å²) in [6.45, 7) is 2.41. The number of aryl methyl sites for hydroxylation is 2. The van der Waals surface area contributed by atoms with E-state index in [1.807, 2.05) is 6.92 Å². The quantitative estimate of drug-likeness (QED) is 0.874. The lowest BCUT2D eigenvalue weighted by Crippen LogP contribution is -2.41. The number of halogens is 1. The minimum Gasteiger partial charge on any atom is -0.494 e. The molecule has 0 saturated carbocycles. The molecule has 0 spiro atoms. The van der Waals surface area contributed by atoms with E-state index in [2.05, 4.69) is 14.8 Å². The van der Waals surface area contributed by atoms with E-state index >= 15 is 0 Å². The Kier molecular flexibility index (Phi) is 4.55. The van der Waals surface area contributed by atoms with E-state index in [0.717, 1.165) is 24.1 Å². The van der Waals surface area contributed by atoms with Gasteiger partial charge in [0.25, 0.3) is 0 Å². The van der Waals surface area contributed by atoms with Crippen LogP contribution in [-0.2, 0) is 29.4 Å². The van der Waals surface area contributed by atoms with E-state index in [1.165, 1.54) is 19.2 Å².